The van der Waals surface area contributed by atoms with E-state index in [9.17, 15) is 0 Å². The first-order valence-corrected chi connectivity index (χ1v) is 6.89. The van der Waals surface area contributed by atoms with Gasteiger partial charge < -0.3 is 9.47 Å². The Bertz CT molecular complexity index is 576. The number of rotatable bonds is 2. The fourth-order valence-electron chi connectivity index (χ4n) is 2.80. The van der Waals surface area contributed by atoms with Crippen molar-refractivity contribution in [1.29, 1.82) is 0 Å². The van der Waals surface area contributed by atoms with E-state index in [4.69, 9.17) is 9.47 Å². The van der Waals surface area contributed by atoms with Crippen molar-refractivity contribution in [3.63, 3.8) is 0 Å². The number of ether oxygens (including phenoxy) is 2. The molecule has 90 valence electrons. The van der Waals surface area contributed by atoms with Crippen LogP contribution in [0.3, 0.4) is 0 Å². The number of fused-ring (bicyclic) bond motifs is 1. The van der Waals surface area contributed by atoms with Gasteiger partial charge in [0.25, 0.3) is 0 Å². The lowest BCUT2D eigenvalue weighted by atomic mass is 9.75. The van der Waals surface area contributed by atoms with E-state index in [0.717, 1.165) is 0 Å². The average molecular weight is 256 g/mol. The van der Waals surface area contributed by atoms with Crippen LogP contribution in [-0.2, 0) is 15.1 Å². The van der Waals surface area contributed by atoms with Gasteiger partial charge in [-0.2, -0.15) is 0 Å². The summed E-state index contributed by atoms with van der Waals surface area (Å²) >= 11 is 1.74. The van der Waals surface area contributed by atoms with Gasteiger partial charge in [-0.1, -0.05) is 36.4 Å². The van der Waals surface area contributed by atoms with Gasteiger partial charge in [0.1, 0.15) is 5.60 Å². The molecule has 0 saturated carbocycles. The van der Waals surface area contributed by atoms with E-state index in [2.05, 4.69) is 47.9 Å². The van der Waals surface area contributed by atoms with Crippen LogP contribution in [0.25, 0.3) is 0 Å². The molecule has 0 bridgehead atoms. The van der Waals surface area contributed by atoms with E-state index >= 15 is 0 Å². The van der Waals surface area contributed by atoms with E-state index in [0.29, 0.717) is 0 Å². The zero-order chi connectivity index (χ0) is 12.0. The second-order valence-electron chi connectivity index (χ2n) is 4.56. The molecule has 4 rings (SSSR count). The molecule has 2 unspecified atom stereocenters. The second kappa shape index (κ2) is 3.70. The van der Waals surface area contributed by atoms with Crippen molar-refractivity contribution in [3.05, 3.63) is 70.6 Å². The Balaban J connectivity index is 1.87. The molecule has 0 aliphatic carbocycles. The monoisotopic (exact) mass is 256 g/mol. The molecular formula is C15H12O2S. The molecule has 1 saturated heterocycles. The SMILES string of the molecule is C1=CC2[C@H](O1)OC2(c1ccccc1)c1cccs1. The lowest BCUT2D eigenvalue weighted by molar-refractivity contribution is -0.301. The average Bonchev–Trinajstić information content (AvgIpc) is 3.03. The zero-order valence-corrected chi connectivity index (χ0v) is 10.5. The highest BCUT2D eigenvalue weighted by Crippen LogP contribution is 2.55. The summed E-state index contributed by atoms with van der Waals surface area (Å²) in [6.07, 6.45) is 3.75. The molecule has 3 atom stereocenters. The normalized spacial score (nSPS) is 32.7. The third-order valence-electron chi connectivity index (χ3n) is 3.65. The van der Waals surface area contributed by atoms with E-state index in [1.807, 2.05) is 6.07 Å². The van der Waals surface area contributed by atoms with Crippen LogP contribution >= 0.6 is 11.3 Å². The molecular weight excluding hydrogens is 244 g/mol. The van der Waals surface area contributed by atoms with Crippen LogP contribution in [0.5, 0.6) is 0 Å². The standard InChI is InChI=1S/C15H12O2S/c1-2-5-11(6-3-1)15(13-7-4-10-18-13)12-8-9-16-14(12)17-15/h1-10,12,14H/t12?,14-,15?/m1/s1. The molecule has 2 aliphatic heterocycles. The molecule has 1 aromatic heterocycles. The summed E-state index contributed by atoms with van der Waals surface area (Å²) in [5, 5.41) is 2.09. The summed E-state index contributed by atoms with van der Waals surface area (Å²) in [7, 11) is 0. The molecule has 2 aliphatic rings. The van der Waals surface area contributed by atoms with Gasteiger partial charge in [-0.15, -0.1) is 11.3 Å². The Kier molecular flexibility index (Phi) is 2.13. The van der Waals surface area contributed by atoms with E-state index in [-0.39, 0.29) is 17.8 Å². The number of hydrogen-bond donors (Lipinski definition) is 0. The number of benzene rings is 1. The summed E-state index contributed by atoms with van der Waals surface area (Å²) in [4.78, 5) is 1.24. The van der Waals surface area contributed by atoms with E-state index < -0.39 is 0 Å². The van der Waals surface area contributed by atoms with E-state index in [1.54, 1.807) is 17.6 Å². The van der Waals surface area contributed by atoms with Gasteiger partial charge in [0.15, 0.2) is 0 Å². The largest absolute Gasteiger partial charge is 0.472 e. The minimum atomic E-state index is -0.354. The fraction of sp³-hybridized carbons (Fsp3) is 0.200. The van der Waals surface area contributed by atoms with Crippen molar-refractivity contribution < 1.29 is 9.47 Å². The molecule has 0 N–H and O–H groups in total. The number of thiophene rings is 1. The van der Waals surface area contributed by atoms with Gasteiger partial charge in [-0.3, -0.25) is 0 Å². The summed E-state index contributed by atoms with van der Waals surface area (Å²) in [6.45, 7) is 0. The second-order valence-corrected chi connectivity index (χ2v) is 5.50. The molecule has 2 aromatic rings. The Morgan fingerprint density at radius 1 is 1.06 bits per heavy atom. The highest BCUT2D eigenvalue weighted by Gasteiger charge is 2.60. The molecule has 0 amide bonds. The third-order valence-corrected chi connectivity index (χ3v) is 4.64. The van der Waals surface area contributed by atoms with Gasteiger partial charge >= 0.3 is 0 Å². The lowest BCUT2D eigenvalue weighted by Gasteiger charge is -2.50. The van der Waals surface area contributed by atoms with Crippen LogP contribution in [0, 0.1) is 5.92 Å². The quantitative estimate of drug-likeness (QED) is 0.818. The van der Waals surface area contributed by atoms with Crippen LogP contribution in [-0.4, -0.2) is 6.29 Å². The summed E-state index contributed by atoms with van der Waals surface area (Å²) < 4.78 is 11.5. The maximum absolute atomic E-state index is 6.11. The molecule has 18 heavy (non-hydrogen) atoms. The molecule has 3 heteroatoms. The highest BCUT2D eigenvalue weighted by atomic mass is 32.1. The smallest absolute Gasteiger partial charge is 0.210 e. The van der Waals surface area contributed by atoms with Gasteiger partial charge in [-0.25, -0.2) is 0 Å². The topological polar surface area (TPSA) is 18.5 Å². The first kappa shape index (κ1) is 10.4. The molecule has 3 heterocycles. The lowest BCUT2D eigenvalue weighted by Crippen LogP contribution is -2.56. The first-order valence-electron chi connectivity index (χ1n) is 6.01. The molecule has 0 spiro atoms. The van der Waals surface area contributed by atoms with Crippen LogP contribution in [0.15, 0.2) is 60.2 Å². The zero-order valence-electron chi connectivity index (χ0n) is 9.65. The predicted molar refractivity (Wildman–Crippen MR) is 70.1 cm³/mol. The van der Waals surface area contributed by atoms with Crippen molar-refractivity contribution in [2.45, 2.75) is 11.9 Å². The van der Waals surface area contributed by atoms with Crippen molar-refractivity contribution in [2.24, 2.45) is 5.92 Å². The maximum atomic E-state index is 6.11. The van der Waals surface area contributed by atoms with Crippen LogP contribution in [0.4, 0.5) is 0 Å². The third kappa shape index (κ3) is 1.21. The van der Waals surface area contributed by atoms with Crippen LogP contribution < -0.4 is 0 Å². The number of hydrogen-bond acceptors (Lipinski definition) is 3. The van der Waals surface area contributed by atoms with Gasteiger partial charge in [0.2, 0.25) is 6.29 Å². The summed E-state index contributed by atoms with van der Waals surface area (Å²) in [5.41, 5.74) is 0.844. The van der Waals surface area contributed by atoms with Gasteiger partial charge in [0.05, 0.1) is 12.2 Å². The van der Waals surface area contributed by atoms with E-state index in [1.165, 1.54) is 10.4 Å². The Morgan fingerprint density at radius 3 is 2.67 bits per heavy atom. The molecule has 0 radical (unpaired) electrons. The van der Waals surface area contributed by atoms with Crippen LogP contribution in [0.2, 0.25) is 0 Å². The van der Waals surface area contributed by atoms with Crippen molar-refractivity contribution >= 4 is 11.3 Å². The molecule has 2 nitrogen and oxygen atoms in total. The molecule has 1 fully saturated rings. The van der Waals surface area contributed by atoms with Crippen LogP contribution in [0.1, 0.15) is 10.4 Å². The molecule has 1 aromatic carbocycles. The van der Waals surface area contributed by atoms with Crippen molar-refractivity contribution in [2.75, 3.05) is 0 Å². The van der Waals surface area contributed by atoms with Gasteiger partial charge in [0, 0.05) is 4.88 Å². The predicted octanol–water partition coefficient (Wildman–Crippen LogP) is 3.51. The highest BCUT2D eigenvalue weighted by molar-refractivity contribution is 7.10. The van der Waals surface area contributed by atoms with Gasteiger partial charge in [-0.05, 0) is 23.1 Å². The Labute approximate surface area is 109 Å². The Hall–Kier alpha value is -1.58. The maximum Gasteiger partial charge on any atom is 0.210 e. The fourth-order valence-corrected chi connectivity index (χ4v) is 3.74. The minimum absolute atomic E-state index is 0.118. The van der Waals surface area contributed by atoms with Crippen molar-refractivity contribution in [1.82, 2.24) is 0 Å². The summed E-state index contributed by atoms with van der Waals surface area (Å²) in [6, 6.07) is 14.6. The van der Waals surface area contributed by atoms with Crippen molar-refractivity contribution in [3.8, 4) is 0 Å². The minimum Gasteiger partial charge on any atom is -0.472 e. The first-order chi connectivity index (χ1) is 8.91. The summed E-state index contributed by atoms with van der Waals surface area (Å²) in [5.74, 6) is 0.276. The Morgan fingerprint density at radius 2 is 1.94 bits per heavy atom.